The van der Waals surface area contributed by atoms with E-state index in [1.165, 1.54) is 7.11 Å². The van der Waals surface area contributed by atoms with E-state index in [0.717, 1.165) is 23.1 Å². The summed E-state index contributed by atoms with van der Waals surface area (Å²) in [5, 5.41) is 0. The van der Waals surface area contributed by atoms with Crippen molar-refractivity contribution in [2.75, 3.05) is 7.11 Å². The number of hydroxylamine groups is 1. The Morgan fingerprint density at radius 1 is 1.36 bits per heavy atom. The third-order valence-electron chi connectivity index (χ3n) is 1.68. The average Bonchev–Trinajstić information content (AvgIpc) is 2.13. The first-order chi connectivity index (χ1) is 6.52. The molecular weight excluding hydrogens is 178 g/mol. The zero-order chi connectivity index (χ0) is 11.1. The van der Waals surface area contributed by atoms with E-state index in [9.17, 15) is 4.79 Å². The summed E-state index contributed by atoms with van der Waals surface area (Å²) < 4.78 is 0. The van der Waals surface area contributed by atoms with Crippen LogP contribution in [0.25, 0.3) is 0 Å². The quantitative estimate of drug-likeness (QED) is 0.316. The molecule has 0 radical (unpaired) electrons. The number of carbonyl (C=O) groups excluding carboxylic acids is 1. The molecule has 0 aliphatic carbocycles. The van der Waals surface area contributed by atoms with E-state index in [2.05, 4.69) is 12.1 Å². The van der Waals surface area contributed by atoms with Gasteiger partial charge in [-0.15, -0.1) is 0 Å². The molecular formula is C11H17NO2. The maximum absolute atomic E-state index is 10.5. The van der Waals surface area contributed by atoms with Gasteiger partial charge in [-0.3, -0.25) is 15.1 Å². The van der Waals surface area contributed by atoms with Crippen LogP contribution >= 0.6 is 0 Å². The normalized spacial score (nSPS) is 13.3. The number of allylic oxidation sites excluding steroid dienone is 5. The number of hydrogen-bond acceptors (Lipinski definition) is 3. The zero-order valence-electron chi connectivity index (χ0n) is 9.18. The Hall–Kier alpha value is -1.35. The lowest BCUT2D eigenvalue weighted by Crippen LogP contribution is -2.11. The number of hydrogen-bond donors (Lipinski definition) is 1. The molecule has 0 aliphatic rings. The third kappa shape index (κ3) is 4.05. The van der Waals surface area contributed by atoms with Gasteiger partial charge in [0.25, 0.3) is 0 Å². The van der Waals surface area contributed by atoms with Gasteiger partial charge in [0, 0.05) is 5.70 Å². The summed E-state index contributed by atoms with van der Waals surface area (Å²) in [5.41, 5.74) is 5.97. The van der Waals surface area contributed by atoms with Gasteiger partial charge in [-0.2, -0.15) is 0 Å². The fraction of sp³-hybridized carbons (Fsp3) is 0.364. The Morgan fingerprint density at radius 3 is 2.29 bits per heavy atom. The summed E-state index contributed by atoms with van der Waals surface area (Å²) >= 11 is 0. The standard InChI is InChI=1S/C11H17NO2/c1-8(2)11(6-9(3)7-13)10(4)12-14-5/h6-7,12H,1H2,2-5H3. The molecule has 0 heterocycles. The largest absolute Gasteiger partial charge is 0.298 e. The minimum absolute atomic E-state index is 0.653. The Kier molecular flexibility index (Phi) is 5.56. The number of rotatable bonds is 5. The Balaban J connectivity index is 5.04. The predicted octanol–water partition coefficient (Wildman–Crippen LogP) is 2.13. The summed E-state index contributed by atoms with van der Waals surface area (Å²) in [6, 6.07) is 0. The van der Waals surface area contributed by atoms with Crippen LogP contribution in [0, 0.1) is 0 Å². The molecule has 14 heavy (non-hydrogen) atoms. The van der Waals surface area contributed by atoms with Gasteiger partial charge in [0.05, 0.1) is 7.11 Å². The molecule has 3 heteroatoms. The van der Waals surface area contributed by atoms with Crippen LogP contribution < -0.4 is 5.48 Å². The molecule has 0 bridgehead atoms. The van der Waals surface area contributed by atoms with Gasteiger partial charge in [-0.05, 0) is 43.6 Å². The minimum Gasteiger partial charge on any atom is -0.298 e. The van der Waals surface area contributed by atoms with Crippen molar-refractivity contribution >= 4 is 6.29 Å². The first-order valence-electron chi connectivity index (χ1n) is 4.32. The van der Waals surface area contributed by atoms with Crippen LogP contribution in [0.2, 0.25) is 0 Å². The maximum Gasteiger partial charge on any atom is 0.145 e. The van der Waals surface area contributed by atoms with Gasteiger partial charge < -0.3 is 0 Å². The average molecular weight is 195 g/mol. The van der Waals surface area contributed by atoms with Crippen molar-refractivity contribution in [2.45, 2.75) is 20.8 Å². The lowest BCUT2D eigenvalue weighted by Gasteiger charge is -2.09. The van der Waals surface area contributed by atoms with Crippen LogP contribution in [0.5, 0.6) is 0 Å². The van der Waals surface area contributed by atoms with Crippen LogP contribution in [-0.2, 0) is 9.63 Å². The molecule has 0 atom stereocenters. The smallest absolute Gasteiger partial charge is 0.145 e. The van der Waals surface area contributed by atoms with Crippen molar-refractivity contribution in [3.05, 3.63) is 35.1 Å². The van der Waals surface area contributed by atoms with E-state index in [4.69, 9.17) is 4.84 Å². The monoisotopic (exact) mass is 195 g/mol. The second-order valence-corrected chi connectivity index (χ2v) is 3.13. The van der Waals surface area contributed by atoms with Crippen LogP contribution in [0.15, 0.2) is 35.1 Å². The molecule has 0 aromatic heterocycles. The fourth-order valence-corrected chi connectivity index (χ4v) is 1.02. The number of carbonyl (C=O) groups is 1. The maximum atomic E-state index is 10.5. The lowest BCUT2D eigenvalue weighted by atomic mass is 10.1. The highest BCUT2D eigenvalue weighted by molar-refractivity contribution is 5.74. The molecule has 78 valence electrons. The van der Waals surface area contributed by atoms with Crippen molar-refractivity contribution < 1.29 is 9.63 Å². The highest BCUT2D eigenvalue weighted by Gasteiger charge is 2.01. The fourth-order valence-electron chi connectivity index (χ4n) is 1.02. The molecule has 1 N–H and O–H groups in total. The van der Waals surface area contributed by atoms with Gasteiger partial charge in [-0.25, -0.2) is 0 Å². The summed E-state index contributed by atoms with van der Waals surface area (Å²) in [4.78, 5) is 15.3. The highest BCUT2D eigenvalue weighted by atomic mass is 16.6. The molecule has 0 aliphatic heterocycles. The van der Waals surface area contributed by atoms with E-state index >= 15 is 0 Å². The zero-order valence-corrected chi connectivity index (χ0v) is 9.18. The van der Waals surface area contributed by atoms with E-state index in [1.807, 2.05) is 13.8 Å². The van der Waals surface area contributed by atoms with Crippen LogP contribution in [0.4, 0.5) is 0 Å². The SMILES string of the molecule is C=C(C)C(C=C(C)C=O)=C(C)NOC. The molecule has 0 unspecified atom stereocenters. The third-order valence-corrected chi connectivity index (χ3v) is 1.68. The summed E-state index contributed by atoms with van der Waals surface area (Å²) in [6.07, 6.45) is 2.58. The van der Waals surface area contributed by atoms with Crippen molar-refractivity contribution in [3.8, 4) is 0 Å². The molecule has 3 nitrogen and oxygen atoms in total. The van der Waals surface area contributed by atoms with Gasteiger partial charge in [0.15, 0.2) is 0 Å². The van der Waals surface area contributed by atoms with E-state index in [1.54, 1.807) is 13.0 Å². The van der Waals surface area contributed by atoms with Crippen LogP contribution in [0.3, 0.4) is 0 Å². The summed E-state index contributed by atoms with van der Waals surface area (Å²) in [7, 11) is 1.54. The van der Waals surface area contributed by atoms with E-state index in [0.29, 0.717) is 5.57 Å². The molecule has 0 aromatic carbocycles. The Morgan fingerprint density at radius 2 is 1.93 bits per heavy atom. The topological polar surface area (TPSA) is 38.3 Å². The Bertz CT molecular complexity index is 288. The van der Waals surface area contributed by atoms with Crippen molar-refractivity contribution in [1.29, 1.82) is 0 Å². The van der Waals surface area contributed by atoms with E-state index < -0.39 is 0 Å². The molecule has 0 saturated carbocycles. The molecule has 0 fully saturated rings. The second-order valence-electron chi connectivity index (χ2n) is 3.13. The van der Waals surface area contributed by atoms with Crippen LogP contribution in [-0.4, -0.2) is 13.4 Å². The summed E-state index contributed by atoms with van der Waals surface area (Å²) in [6.45, 7) is 9.32. The summed E-state index contributed by atoms with van der Waals surface area (Å²) in [5.74, 6) is 0. The predicted molar refractivity (Wildman–Crippen MR) is 57.5 cm³/mol. The van der Waals surface area contributed by atoms with Crippen LogP contribution in [0.1, 0.15) is 20.8 Å². The first kappa shape index (κ1) is 12.7. The first-order valence-corrected chi connectivity index (χ1v) is 4.32. The van der Waals surface area contributed by atoms with Crippen molar-refractivity contribution in [3.63, 3.8) is 0 Å². The van der Waals surface area contributed by atoms with Gasteiger partial charge in [0.2, 0.25) is 0 Å². The molecule has 0 rings (SSSR count). The van der Waals surface area contributed by atoms with E-state index in [-0.39, 0.29) is 0 Å². The van der Waals surface area contributed by atoms with Gasteiger partial charge in [-0.1, -0.05) is 6.58 Å². The number of nitrogens with one attached hydrogen (secondary N) is 1. The lowest BCUT2D eigenvalue weighted by molar-refractivity contribution is -0.104. The number of aldehydes is 1. The molecule has 0 spiro atoms. The second kappa shape index (κ2) is 6.16. The molecule has 0 saturated heterocycles. The highest BCUT2D eigenvalue weighted by Crippen LogP contribution is 2.14. The van der Waals surface area contributed by atoms with Crippen molar-refractivity contribution in [1.82, 2.24) is 5.48 Å². The van der Waals surface area contributed by atoms with Gasteiger partial charge >= 0.3 is 0 Å². The Labute approximate surface area is 85.1 Å². The van der Waals surface area contributed by atoms with Crippen molar-refractivity contribution in [2.24, 2.45) is 0 Å². The molecule has 0 amide bonds. The minimum atomic E-state index is 0.653. The van der Waals surface area contributed by atoms with Gasteiger partial charge in [0.1, 0.15) is 6.29 Å². The molecule has 0 aromatic rings.